The van der Waals surface area contributed by atoms with Gasteiger partial charge in [-0.3, -0.25) is 14.5 Å². The third-order valence-corrected chi connectivity index (χ3v) is 5.56. The van der Waals surface area contributed by atoms with Gasteiger partial charge in [-0.1, -0.05) is 53.8 Å². The predicted molar refractivity (Wildman–Crippen MR) is 117 cm³/mol. The Balaban J connectivity index is 1.52. The van der Waals surface area contributed by atoms with Gasteiger partial charge in [0.2, 0.25) is 5.91 Å². The molecule has 5 nitrogen and oxygen atoms in total. The third-order valence-electron chi connectivity index (χ3n) is 4.19. The molecular formula is C21H20N2O3S2. The number of carbonyl (C=O) groups excluding carboxylic acids is 2. The summed E-state index contributed by atoms with van der Waals surface area (Å²) in [5.41, 5.74) is 2.71. The first kappa shape index (κ1) is 20.1. The number of aryl methyl sites for hydroxylation is 1. The molecule has 28 heavy (non-hydrogen) atoms. The Labute approximate surface area is 173 Å². The van der Waals surface area contributed by atoms with Gasteiger partial charge in [0.1, 0.15) is 10.1 Å². The minimum atomic E-state index is -0.151. The van der Waals surface area contributed by atoms with E-state index in [0.717, 1.165) is 16.8 Å². The Morgan fingerprint density at radius 2 is 1.86 bits per heavy atom. The molecule has 2 amide bonds. The monoisotopic (exact) mass is 412 g/mol. The first-order valence-electron chi connectivity index (χ1n) is 8.83. The van der Waals surface area contributed by atoms with Crippen molar-refractivity contribution < 1.29 is 14.7 Å². The maximum Gasteiger partial charge on any atom is 0.266 e. The number of hydrogen-bond acceptors (Lipinski definition) is 5. The van der Waals surface area contributed by atoms with Crippen LogP contribution >= 0.6 is 24.0 Å². The lowest BCUT2D eigenvalue weighted by Gasteiger charge is -2.14. The number of rotatable bonds is 6. The zero-order valence-electron chi connectivity index (χ0n) is 15.3. The lowest BCUT2D eigenvalue weighted by atomic mass is 10.2. The van der Waals surface area contributed by atoms with Crippen molar-refractivity contribution in [2.24, 2.45) is 0 Å². The van der Waals surface area contributed by atoms with E-state index in [1.807, 2.05) is 31.2 Å². The minimum Gasteiger partial charge on any atom is -0.508 e. The number of thioether (sulfide) groups is 1. The number of hydrogen-bond donors (Lipinski definition) is 2. The molecule has 1 fully saturated rings. The molecule has 0 bridgehead atoms. The highest BCUT2D eigenvalue weighted by Gasteiger charge is 2.31. The van der Waals surface area contributed by atoms with E-state index >= 15 is 0 Å². The number of thiocarbonyl (C=S) groups is 1. The van der Waals surface area contributed by atoms with Gasteiger partial charge in [0.15, 0.2) is 0 Å². The average molecular weight is 413 g/mol. The minimum absolute atomic E-state index is 0.0890. The molecule has 0 saturated carbocycles. The summed E-state index contributed by atoms with van der Waals surface area (Å²) < 4.78 is 0.494. The molecule has 144 valence electrons. The van der Waals surface area contributed by atoms with Crippen molar-refractivity contribution >= 4 is 51.9 Å². The van der Waals surface area contributed by atoms with Crippen LogP contribution in [0.4, 0.5) is 5.69 Å². The number of nitrogens with zero attached hydrogens (tertiary/aromatic N) is 1. The zero-order chi connectivity index (χ0) is 20.1. The third kappa shape index (κ3) is 5.21. The molecule has 2 aromatic carbocycles. The molecule has 0 spiro atoms. The van der Waals surface area contributed by atoms with E-state index in [-0.39, 0.29) is 17.6 Å². The van der Waals surface area contributed by atoms with Crippen molar-refractivity contribution in [1.82, 2.24) is 4.90 Å². The topological polar surface area (TPSA) is 69.6 Å². The summed E-state index contributed by atoms with van der Waals surface area (Å²) in [7, 11) is 0. The van der Waals surface area contributed by atoms with Crippen LogP contribution in [0, 0.1) is 6.92 Å². The molecule has 1 aliphatic heterocycles. The summed E-state index contributed by atoms with van der Waals surface area (Å²) in [6.07, 6.45) is 2.58. The zero-order valence-corrected chi connectivity index (χ0v) is 17.0. The highest BCUT2D eigenvalue weighted by molar-refractivity contribution is 8.26. The smallest absolute Gasteiger partial charge is 0.266 e. The SMILES string of the molecule is Cc1ccc(NC(=O)CCCN2C(=O)/C(=C/c3ccc(O)cc3)SC2=S)cc1. The van der Waals surface area contributed by atoms with Crippen LogP contribution in [-0.2, 0) is 9.59 Å². The number of amides is 2. The van der Waals surface area contributed by atoms with Crippen molar-refractivity contribution in [2.45, 2.75) is 19.8 Å². The van der Waals surface area contributed by atoms with Gasteiger partial charge in [0.25, 0.3) is 5.91 Å². The highest BCUT2D eigenvalue weighted by atomic mass is 32.2. The number of phenols is 1. The first-order chi connectivity index (χ1) is 13.4. The van der Waals surface area contributed by atoms with E-state index < -0.39 is 0 Å². The number of nitrogens with one attached hydrogen (secondary N) is 1. The van der Waals surface area contributed by atoms with Crippen LogP contribution in [0.25, 0.3) is 6.08 Å². The number of anilines is 1. The fourth-order valence-corrected chi connectivity index (χ4v) is 3.98. The summed E-state index contributed by atoms with van der Waals surface area (Å²) in [6, 6.07) is 14.2. The van der Waals surface area contributed by atoms with Crippen molar-refractivity contribution in [3.63, 3.8) is 0 Å². The number of benzene rings is 2. The second-order valence-electron chi connectivity index (χ2n) is 6.44. The standard InChI is InChI=1S/C21H20N2O3S2/c1-14-4-8-16(9-5-14)22-19(25)3-2-12-23-20(26)18(28-21(23)27)13-15-6-10-17(24)11-7-15/h4-11,13,24H,2-3,12H2,1H3,(H,22,25)/b18-13-. The van der Waals surface area contributed by atoms with Gasteiger partial charge in [-0.25, -0.2) is 0 Å². The van der Waals surface area contributed by atoms with E-state index in [9.17, 15) is 14.7 Å². The molecule has 1 saturated heterocycles. The molecule has 1 heterocycles. The maximum atomic E-state index is 12.6. The second-order valence-corrected chi connectivity index (χ2v) is 8.12. The maximum absolute atomic E-state index is 12.6. The summed E-state index contributed by atoms with van der Waals surface area (Å²) >= 11 is 6.56. The number of aromatic hydroxyl groups is 1. The summed E-state index contributed by atoms with van der Waals surface area (Å²) in [6.45, 7) is 2.39. The molecule has 2 aromatic rings. The fraction of sp³-hybridized carbons (Fsp3) is 0.190. The van der Waals surface area contributed by atoms with E-state index in [1.165, 1.54) is 16.7 Å². The molecule has 1 aliphatic rings. The van der Waals surface area contributed by atoms with E-state index in [0.29, 0.717) is 28.6 Å². The molecule has 7 heteroatoms. The lowest BCUT2D eigenvalue weighted by molar-refractivity contribution is -0.122. The van der Waals surface area contributed by atoms with Crippen LogP contribution in [0.2, 0.25) is 0 Å². The Bertz CT molecular complexity index is 922. The molecule has 0 atom stereocenters. The van der Waals surface area contributed by atoms with Crippen molar-refractivity contribution in [2.75, 3.05) is 11.9 Å². The second kappa shape index (κ2) is 9.03. The molecule has 0 aromatic heterocycles. The van der Waals surface area contributed by atoms with Crippen LogP contribution < -0.4 is 5.32 Å². The van der Waals surface area contributed by atoms with Crippen LogP contribution in [0.15, 0.2) is 53.4 Å². The van der Waals surface area contributed by atoms with Crippen LogP contribution in [0.3, 0.4) is 0 Å². The van der Waals surface area contributed by atoms with Crippen LogP contribution in [-0.4, -0.2) is 32.7 Å². The molecule has 0 aliphatic carbocycles. The van der Waals surface area contributed by atoms with Gasteiger partial charge in [0, 0.05) is 18.7 Å². The molecule has 2 N–H and O–H groups in total. The van der Waals surface area contributed by atoms with Gasteiger partial charge in [-0.15, -0.1) is 0 Å². The lowest BCUT2D eigenvalue weighted by Crippen LogP contribution is -2.29. The number of carbonyl (C=O) groups is 2. The Morgan fingerprint density at radius 1 is 1.18 bits per heavy atom. The normalized spacial score (nSPS) is 15.3. The van der Waals surface area contributed by atoms with Crippen LogP contribution in [0.5, 0.6) is 5.75 Å². The largest absolute Gasteiger partial charge is 0.508 e. The highest BCUT2D eigenvalue weighted by Crippen LogP contribution is 2.32. The van der Waals surface area contributed by atoms with Gasteiger partial charge in [-0.2, -0.15) is 0 Å². The van der Waals surface area contributed by atoms with Gasteiger partial charge < -0.3 is 10.4 Å². The van der Waals surface area contributed by atoms with Crippen molar-refractivity contribution in [1.29, 1.82) is 0 Å². The molecule has 0 radical (unpaired) electrons. The first-order valence-corrected chi connectivity index (χ1v) is 10.1. The van der Waals surface area contributed by atoms with Crippen LogP contribution in [0.1, 0.15) is 24.0 Å². The van der Waals surface area contributed by atoms with E-state index in [1.54, 1.807) is 30.3 Å². The average Bonchev–Trinajstić information content (AvgIpc) is 2.93. The van der Waals surface area contributed by atoms with E-state index in [4.69, 9.17) is 12.2 Å². The number of phenolic OH excluding ortho intramolecular Hbond substituents is 1. The van der Waals surface area contributed by atoms with Gasteiger partial charge in [-0.05, 0) is 49.2 Å². The summed E-state index contributed by atoms with van der Waals surface area (Å²) in [4.78, 5) is 26.7. The molecule has 3 rings (SSSR count). The Kier molecular flexibility index (Phi) is 6.49. The van der Waals surface area contributed by atoms with Gasteiger partial charge >= 0.3 is 0 Å². The van der Waals surface area contributed by atoms with Crippen molar-refractivity contribution in [3.05, 3.63) is 64.6 Å². The van der Waals surface area contributed by atoms with Gasteiger partial charge in [0.05, 0.1) is 4.91 Å². The fourth-order valence-electron chi connectivity index (χ4n) is 2.67. The Morgan fingerprint density at radius 3 is 2.54 bits per heavy atom. The molecule has 0 unspecified atom stereocenters. The quantitative estimate of drug-likeness (QED) is 0.546. The van der Waals surface area contributed by atoms with E-state index in [2.05, 4.69) is 5.32 Å². The van der Waals surface area contributed by atoms with Crippen molar-refractivity contribution in [3.8, 4) is 5.75 Å². The Hall–Kier alpha value is -2.64. The predicted octanol–water partition coefficient (Wildman–Crippen LogP) is 4.32. The summed E-state index contributed by atoms with van der Waals surface area (Å²) in [5, 5.41) is 12.2. The summed E-state index contributed by atoms with van der Waals surface area (Å²) in [5.74, 6) is -0.0652. The molecular weight excluding hydrogens is 392 g/mol.